The van der Waals surface area contributed by atoms with Crippen LogP contribution >= 0.6 is 0 Å². The summed E-state index contributed by atoms with van der Waals surface area (Å²) in [7, 11) is 0. The van der Waals surface area contributed by atoms with E-state index >= 15 is 0 Å². The lowest BCUT2D eigenvalue weighted by Crippen LogP contribution is -2.25. The maximum Gasteiger partial charge on any atom is 0.396 e. The Hall–Kier alpha value is -1.52. The van der Waals surface area contributed by atoms with Crippen molar-refractivity contribution in [3.63, 3.8) is 0 Å². The molecule has 1 aliphatic carbocycles. The van der Waals surface area contributed by atoms with Crippen molar-refractivity contribution in [2.24, 2.45) is 5.92 Å². The van der Waals surface area contributed by atoms with Gasteiger partial charge in [0, 0.05) is 13.3 Å². The second kappa shape index (κ2) is 3.75. The largest absolute Gasteiger partial charge is 0.454 e. The lowest BCUT2D eigenvalue weighted by Gasteiger charge is -2.19. The maximum absolute atomic E-state index is 12.7. The third-order valence-corrected chi connectivity index (χ3v) is 2.89. The molecule has 0 aliphatic heterocycles. The minimum absolute atomic E-state index is 0.194. The molecule has 0 saturated heterocycles. The van der Waals surface area contributed by atoms with Crippen LogP contribution in [0.5, 0.6) is 0 Å². The van der Waals surface area contributed by atoms with Gasteiger partial charge in [-0.25, -0.2) is 0 Å². The second-order valence-corrected chi connectivity index (χ2v) is 4.15. The van der Waals surface area contributed by atoms with E-state index in [2.05, 4.69) is 0 Å². The Morgan fingerprint density at radius 3 is 2.35 bits per heavy atom. The van der Waals surface area contributed by atoms with E-state index in [4.69, 9.17) is 4.74 Å². The van der Waals surface area contributed by atoms with E-state index in [-0.39, 0.29) is 6.42 Å². The third kappa shape index (κ3) is 2.14. The summed E-state index contributed by atoms with van der Waals surface area (Å²) in [5, 5.41) is 0. The number of hydrogen-bond acceptors (Lipinski definition) is 2. The van der Waals surface area contributed by atoms with Crippen LogP contribution in [0.15, 0.2) is 30.3 Å². The van der Waals surface area contributed by atoms with Gasteiger partial charge >= 0.3 is 12.1 Å². The number of hydrogen-bond donors (Lipinski definition) is 0. The van der Waals surface area contributed by atoms with Gasteiger partial charge in [0.1, 0.15) is 11.5 Å². The van der Waals surface area contributed by atoms with Gasteiger partial charge in [-0.2, -0.15) is 13.2 Å². The molecule has 17 heavy (non-hydrogen) atoms. The summed E-state index contributed by atoms with van der Waals surface area (Å²) < 4.78 is 43.0. The number of benzene rings is 1. The zero-order chi connectivity index (χ0) is 12.7. The molecule has 2 nitrogen and oxygen atoms in total. The zero-order valence-electron chi connectivity index (χ0n) is 9.12. The van der Waals surface area contributed by atoms with Crippen LogP contribution < -0.4 is 0 Å². The minimum atomic E-state index is -4.34. The van der Waals surface area contributed by atoms with E-state index in [0.717, 1.165) is 6.92 Å². The van der Waals surface area contributed by atoms with Gasteiger partial charge in [0.2, 0.25) is 0 Å². The van der Waals surface area contributed by atoms with Crippen LogP contribution in [0.4, 0.5) is 13.2 Å². The van der Waals surface area contributed by atoms with Gasteiger partial charge < -0.3 is 4.74 Å². The second-order valence-electron chi connectivity index (χ2n) is 4.15. The van der Waals surface area contributed by atoms with Gasteiger partial charge in [-0.15, -0.1) is 0 Å². The number of alkyl halides is 3. The van der Waals surface area contributed by atoms with Crippen LogP contribution in [0, 0.1) is 5.92 Å². The lowest BCUT2D eigenvalue weighted by molar-refractivity contribution is -0.176. The Morgan fingerprint density at radius 2 is 1.94 bits per heavy atom. The number of halogens is 3. The number of esters is 1. The van der Waals surface area contributed by atoms with Gasteiger partial charge in [0.15, 0.2) is 0 Å². The van der Waals surface area contributed by atoms with E-state index in [1.54, 1.807) is 30.3 Å². The molecule has 1 saturated carbocycles. The number of rotatable bonds is 2. The Morgan fingerprint density at radius 1 is 1.35 bits per heavy atom. The van der Waals surface area contributed by atoms with Crippen molar-refractivity contribution in [2.75, 3.05) is 0 Å². The third-order valence-electron chi connectivity index (χ3n) is 2.89. The number of carbonyl (C=O) groups is 1. The summed E-state index contributed by atoms with van der Waals surface area (Å²) in [5.41, 5.74) is -1.11. The van der Waals surface area contributed by atoms with E-state index in [0.29, 0.717) is 5.56 Å². The Labute approximate surface area is 96.4 Å². The highest BCUT2D eigenvalue weighted by atomic mass is 19.4. The molecule has 0 heterocycles. The molecular weight excluding hydrogens is 233 g/mol. The van der Waals surface area contributed by atoms with Crippen molar-refractivity contribution in [1.29, 1.82) is 0 Å². The zero-order valence-corrected chi connectivity index (χ0v) is 9.12. The summed E-state index contributed by atoms with van der Waals surface area (Å²) >= 11 is 0. The fraction of sp³-hybridized carbons (Fsp3) is 0.417. The van der Waals surface area contributed by atoms with Crippen molar-refractivity contribution >= 4 is 5.97 Å². The molecule has 2 rings (SSSR count). The van der Waals surface area contributed by atoms with E-state index < -0.39 is 23.7 Å². The Bertz CT molecular complexity index is 427. The van der Waals surface area contributed by atoms with E-state index in [1.165, 1.54) is 0 Å². The molecule has 1 aromatic carbocycles. The summed E-state index contributed by atoms with van der Waals surface area (Å²) in [6.45, 7) is 1.12. The molecule has 0 N–H and O–H groups in total. The summed E-state index contributed by atoms with van der Waals surface area (Å²) in [6.07, 6.45) is -4.54. The molecule has 92 valence electrons. The molecule has 1 aromatic rings. The first-order chi connectivity index (χ1) is 7.86. The number of carbonyl (C=O) groups excluding carboxylic acids is 1. The fourth-order valence-corrected chi connectivity index (χ4v) is 2.09. The summed E-state index contributed by atoms with van der Waals surface area (Å²) in [5.74, 6) is -2.29. The monoisotopic (exact) mass is 244 g/mol. The topological polar surface area (TPSA) is 26.3 Å². The minimum Gasteiger partial charge on any atom is -0.454 e. The van der Waals surface area contributed by atoms with Crippen molar-refractivity contribution in [1.82, 2.24) is 0 Å². The lowest BCUT2D eigenvalue weighted by atomic mass is 10.1. The van der Waals surface area contributed by atoms with Gasteiger partial charge in [-0.1, -0.05) is 30.3 Å². The molecule has 0 unspecified atom stereocenters. The quantitative estimate of drug-likeness (QED) is 0.747. The van der Waals surface area contributed by atoms with Crippen molar-refractivity contribution in [3.8, 4) is 0 Å². The Kier molecular flexibility index (Phi) is 2.64. The van der Waals surface area contributed by atoms with Crippen LogP contribution in [0.3, 0.4) is 0 Å². The number of ether oxygens (including phenoxy) is 1. The summed E-state index contributed by atoms with van der Waals surface area (Å²) in [6, 6.07) is 8.07. The SMILES string of the molecule is CC(=O)O[C@@]1(c2ccccc2)C[C@H]1C(F)(F)F. The highest BCUT2D eigenvalue weighted by Crippen LogP contribution is 2.62. The first-order valence-corrected chi connectivity index (χ1v) is 5.18. The maximum atomic E-state index is 12.7. The highest BCUT2D eigenvalue weighted by molar-refractivity contribution is 5.67. The van der Waals surface area contributed by atoms with Crippen LogP contribution in [-0.4, -0.2) is 12.1 Å². The van der Waals surface area contributed by atoms with Crippen molar-refractivity contribution in [3.05, 3.63) is 35.9 Å². The predicted molar refractivity (Wildman–Crippen MR) is 54.0 cm³/mol. The van der Waals surface area contributed by atoms with Crippen molar-refractivity contribution < 1.29 is 22.7 Å². The standard InChI is InChI=1S/C12H11F3O2/c1-8(16)17-11(7-10(11)12(13,14)15)9-5-3-2-4-6-9/h2-6,10H,7H2,1H3/t10-,11-/m1/s1. The molecule has 0 radical (unpaired) electrons. The predicted octanol–water partition coefficient (Wildman–Crippen LogP) is 3.03. The molecule has 0 spiro atoms. The molecule has 5 heteroatoms. The molecule has 1 aliphatic rings. The molecule has 0 aromatic heterocycles. The van der Waals surface area contributed by atoms with Gasteiger partial charge in [-0.3, -0.25) is 4.79 Å². The molecule has 1 fully saturated rings. The van der Waals surface area contributed by atoms with Crippen LogP contribution in [0.1, 0.15) is 18.9 Å². The van der Waals surface area contributed by atoms with E-state index in [1.807, 2.05) is 0 Å². The van der Waals surface area contributed by atoms with Crippen LogP contribution in [0.25, 0.3) is 0 Å². The molecule has 2 atom stereocenters. The fourth-order valence-electron chi connectivity index (χ4n) is 2.09. The average Bonchev–Trinajstić information content (AvgIpc) is 2.94. The van der Waals surface area contributed by atoms with Crippen molar-refractivity contribution in [2.45, 2.75) is 25.1 Å². The average molecular weight is 244 g/mol. The highest BCUT2D eigenvalue weighted by Gasteiger charge is 2.70. The summed E-state index contributed by atoms with van der Waals surface area (Å²) in [4.78, 5) is 11.0. The van der Waals surface area contributed by atoms with Gasteiger partial charge in [0.25, 0.3) is 0 Å². The first kappa shape index (κ1) is 12.0. The molecule has 0 amide bonds. The van der Waals surface area contributed by atoms with Crippen LogP contribution in [-0.2, 0) is 15.1 Å². The van der Waals surface area contributed by atoms with Crippen LogP contribution in [0.2, 0.25) is 0 Å². The smallest absolute Gasteiger partial charge is 0.396 e. The first-order valence-electron chi connectivity index (χ1n) is 5.18. The van der Waals surface area contributed by atoms with Gasteiger partial charge in [0.05, 0.1) is 0 Å². The van der Waals surface area contributed by atoms with E-state index in [9.17, 15) is 18.0 Å². The Balaban J connectivity index is 2.32. The molecule has 0 bridgehead atoms. The molecular formula is C12H11F3O2. The van der Waals surface area contributed by atoms with Gasteiger partial charge in [-0.05, 0) is 5.56 Å². The normalized spacial score (nSPS) is 27.6.